The van der Waals surface area contributed by atoms with Gasteiger partial charge in [0.25, 0.3) is 5.91 Å². The monoisotopic (exact) mass is 289 g/mol. The van der Waals surface area contributed by atoms with Crippen LogP contribution in [0.5, 0.6) is 0 Å². The van der Waals surface area contributed by atoms with Gasteiger partial charge in [0.15, 0.2) is 0 Å². The fourth-order valence-electron chi connectivity index (χ4n) is 1.36. The lowest BCUT2D eigenvalue weighted by atomic mass is 10.2. The van der Waals surface area contributed by atoms with Gasteiger partial charge in [0.05, 0.1) is 5.75 Å². The van der Waals surface area contributed by atoms with Crippen LogP contribution in [0.4, 0.5) is 0 Å². The SMILES string of the molecule is Cc1cc(C(=O)NC(CCS(C)(=O)=O)C(=O)O)n[nH]1. The molecule has 0 aromatic carbocycles. The van der Waals surface area contributed by atoms with Gasteiger partial charge in [-0.15, -0.1) is 0 Å². The predicted octanol–water partition coefficient (Wildman–Crippen LogP) is -0.664. The first-order valence-corrected chi connectivity index (χ1v) is 7.48. The first-order chi connectivity index (χ1) is 8.69. The topological polar surface area (TPSA) is 129 Å². The van der Waals surface area contributed by atoms with Crippen LogP contribution in [0.1, 0.15) is 22.6 Å². The van der Waals surface area contributed by atoms with Crippen LogP contribution in [0.15, 0.2) is 6.07 Å². The van der Waals surface area contributed by atoms with E-state index in [0.29, 0.717) is 5.69 Å². The third-order valence-electron chi connectivity index (χ3n) is 2.32. The van der Waals surface area contributed by atoms with Crippen molar-refractivity contribution in [2.75, 3.05) is 12.0 Å². The average Bonchev–Trinajstić information content (AvgIpc) is 2.69. The first kappa shape index (κ1) is 15.2. The molecule has 1 aromatic rings. The minimum absolute atomic E-state index is 0.0584. The minimum atomic E-state index is -3.29. The van der Waals surface area contributed by atoms with Crippen LogP contribution in [-0.4, -0.2) is 53.6 Å². The third kappa shape index (κ3) is 5.08. The largest absolute Gasteiger partial charge is 0.480 e. The molecule has 0 bridgehead atoms. The lowest BCUT2D eigenvalue weighted by molar-refractivity contribution is -0.139. The summed E-state index contributed by atoms with van der Waals surface area (Å²) in [7, 11) is -3.29. The number of carbonyl (C=O) groups is 2. The van der Waals surface area contributed by atoms with Crippen molar-refractivity contribution < 1.29 is 23.1 Å². The van der Waals surface area contributed by atoms with Crippen LogP contribution >= 0.6 is 0 Å². The quantitative estimate of drug-likeness (QED) is 0.637. The first-order valence-electron chi connectivity index (χ1n) is 5.42. The average molecular weight is 289 g/mol. The second-order valence-electron chi connectivity index (χ2n) is 4.22. The molecule has 3 N–H and O–H groups in total. The molecule has 1 atom stereocenters. The fourth-order valence-corrected chi connectivity index (χ4v) is 2.02. The summed E-state index contributed by atoms with van der Waals surface area (Å²) in [4.78, 5) is 22.6. The number of carboxylic acid groups (broad SMARTS) is 1. The maximum Gasteiger partial charge on any atom is 0.326 e. The van der Waals surface area contributed by atoms with Gasteiger partial charge in [-0.25, -0.2) is 13.2 Å². The van der Waals surface area contributed by atoms with Gasteiger partial charge in [-0.1, -0.05) is 0 Å². The van der Waals surface area contributed by atoms with E-state index in [9.17, 15) is 18.0 Å². The van der Waals surface area contributed by atoms with E-state index in [1.54, 1.807) is 6.92 Å². The predicted molar refractivity (Wildman–Crippen MR) is 66.5 cm³/mol. The van der Waals surface area contributed by atoms with Gasteiger partial charge in [-0.2, -0.15) is 5.10 Å². The van der Waals surface area contributed by atoms with Crippen molar-refractivity contribution in [3.8, 4) is 0 Å². The maximum absolute atomic E-state index is 11.7. The van der Waals surface area contributed by atoms with Gasteiger partial charge < -0.3 is 10.4 Å². The Morgan fingerprint density at radius 1 is 1.53 bits per heavy atom. The molecular formula is C10H15N3O5S. The number of amides is 1. The van der Waals surface area contributed by atoms with Gasteiger partial charge in [0, 0.05) is 11.9 Å². The van der Waals surface area contributed by atoms with E-state index >= 15 is 0 Å². The molecule has 1 aromatic heterocycles. The normalized spacial score (nSPS) is 12.9. The molecule has 9 heteroatoms. The molecule has 0 saturated carbocycles. The van der Waals surface area contributed by atoms with Gasteiger partial charge >= 0.3 is 5.97 Å². The molecule has 0 aliphatic carbocycles. The Labute approximate surface area is 110 Å². The number of sulfone groups is 1. The summed E-state index contributed by atoms with van der Waals surface area (Å²) >= 11 is 0. The maximum atomic E-state index is 11.7. The lowest BCUT2D eigenvalue weighted by Crippen LogP contribution is -2.42. The standard InChI is InChI=1S/C10H15N3O5S/c1-6-5-8(13-12-6)9(14)11-7(10(15)16)3-4-19(2,17)18/h5,7H,3-4H2,1-2H3,(H,11,14)(H,12,13)(H,15,16). The van der Waals surface area contributed by atoms with E-state index in [1.807, 2.05) is 0 Å². The molecule has 106 valence electrons. The number of carbonyl (C=O) groups excluding carboxylic acids is 1. The van der Waals surface area contributed by atoms with Gasteiger partial charge in [0.2, 0.25) is 0 Å². The number of aromatic amines is 1. The van der Waals surface area contributed by atoms with Gasteiger partial charge in [-0.05, 0) is 19.4 Å². The number of rotatable bonds is 6. The zero-order valence-corrected chi connectivity index (χ0v) is 11.3. The Hall–Kier alpha value is -1.90. The Balaban J connectivity index is 2.68. The van der Waals surface area contributed by atoms with Crippen molar-refractivity contribution in [1.29, 1.82) is 0 Å². The molecule has 0 fully saturated rings. The molecule has 0 aliphatic rings. The van der Waals surface area contributed by atoms with Crippen LogP contribution < -0.4 is 5.32 Å². The second-order valence-corrected chi connectivity index (χ2v) is 6.48. The summed E-state index contributed by atoms with van der Waals surface area (Å²) in [6.07, 6.45) is 0.814. The number of H-pyrrole nitrogens is 1. The molecule has 8 nitrogen and oxygen atoms in total. The molecule has 0 saturated heterocycles. The number of carboxylic acids is 1. The van der Waals surface area contributed by atoms with Crippen LogP contribution in [0.3, 0.4) is 0 Å². The zero-order valence-electron chi connectivity index (χ0n) is 10.5. The Morgan fingerprint density at radius 3 is 2.58 bits per heavy atom. The van der Waals surface area contributed by atoms with Gasteiger partial charge in [0.1, 0.15) is 21.6 Å². The number of aryl methyl sites for hydroxylation is 1. The second kappa shape index (κ2) is 5.83. The van der Waals surface area contributed by atoms with Crippen LogP contribution in [0, 0.1) is 6.92 Å². The Kier molecular flexibility index (Phi) is 4.65. The van der Waals surface area contributed by atoms with Crippen molar-refractivity contribution in [1.82, 2.24) is 15.5 Å². The van der Waals surface area contributed by atoms with E-state index in [0.717, 1.165) is 6.26 Å². The van der Waals surface area contributed by atoms with Crippen LogP contribution in [-0.2, 0) is 14.6 Å². The highest BCUT2D eigenvalue weighted by Crippen LogP contribution is 2.01. The molecule has 1 unspecified atom stereocenters. The number of nitrogens with zero attached hydrogens (tertiary/aromatic N) is 1. The van der Waals surface area contributed by atoms with E-state index < -0.39 is 27.8 Å². The number of aliphatic carboxylic acids is 1. The number of hydrogen-bond acceptors (Lipinski definition) is 5. The summed E-state index contributed by atoms with van der Waals surface area (Å²) in [5.41, 5.74) is 0.719. The molecule has 1 amide bonds. The Bertz CT molecular complexity index is 578. The highest BCUT2D eigenvalue weighted by molar-refractivity contribution is 7.90. The highest BCUT2D eigenvalue weighted by atomic mass is 32.2. The Morgan fingerprint density at radius 2 is 2.16 bits per heavy atom. The highest BCUT2D eigenvalue weighted by Gasteiger charge is 2.23. The number of nitrogens with one attached hydrogen (secondary N) is 2. The smallest absolute Gasteiger partial charge is 0.326 e. The molecular weight excluding hydrogens is 274 g/mol. The molecule has 0 aliphatic heterocycles. The van der Waals surface area contributed by atoms with E-state index in [4.69, 9.17) is 5.11 Å². The van der Waals surface area contributed by atoms with E-state index in [2.05, 4.69) is 15.5 Å². The van der Waals surface area contributed by atoms with Crippen molar-refractivity contribution in [2.24, 2.45) is 0 Å². The van der Waals surface area contributed by atoms with E-state index in [-0.39, 0.29) is 17.9 Å². The lowest BCUT2D eigenvalue weighted by Gasteiger charge is -2.12. The van der Waals surface area contributed by atoms with Crippen LogP contribution in [0.2, 0.25) is 0 Å². The minimum Gasteiger partial charge on any atom is -0.480 e. The zero-order chi connectivity index (χ0) is 14.6. The fraction of sp³-hybridized carbons (Fsp3) is 0.500. The summed E-state index contributed by atoms with van der Waals surface area (Å²) < 4.78 is 22.0. The molecule has 1 rings (SSSR count). The molecule has 19 heavy (non-hydrogen) atoms. The van der Waals surface area contributed by atoms with Crippen molar-refractivity contribution in [3.05, 3.63) is 17.5 Å². The van der Waals surface area contributed by atoms with E-state index in [1.165, 1.54) is 6.07 Å². The summed E-state index contributed by atoms with van der Waals surface area (Å²) in [6, 6.07) is 0.199. The number of aromatic nitrogens is 2. The third-order valence-corrected chi connectivity index (χ3v) is 3.30. The van der Waals surface area contributed by atoms with Crippen molar-refractivity contribution >= 4 is 21.7 Å². The molecule has 1 heterocycles. The summed E-state index contributed by atoms with van der Waals surface area (Å²) in [5, 5.41) is 17.4. The van der Waals surface area contributed by atoms with Crippen LogP contribution in [0.25, 0.3) is 0 Å². The van der Waals surface area contributed by atoms with Gasteiger partial charge in [-0.3, -0.25) is 9.89 Å². The van der Waals surface area contributed by atoms with Crippen molar-refractivity contribution in [3.63, 3.8) is 0 Å². The number of hydrogen-bond donors (Lipinski definition) is 3. The summed E-state index contributed by atoms with van der Waals surface area (Å²) in [6.45, 7) is 1.70. The molecule has 0 spiro atoms. The van der Waals surface area contributed by atoms with Crippen molar-refractivity contribution in [2.45, 2.75) is 19.4 Å². The summed E-state index contributed by atoms with van der Waals surface area (Å²) in [5.74, 6) is -2.27. The molecule has 0 radical (unpaired) electrons.